The first-order valence-electron chi connectivity index (χ1n) is 6.07. The van der Waals surface area contributed by atoms with Crippen LogP contribution in [0.25, 0.3) is 5.65 Å². The van der Waals surface area contributed by atoms with Crippen molar-refractivity contribution in [3.63, 3.8) is 0 Å². The third kappa shape index (κ3) is 2.15. The van der Waals surface area contributed by atoms with Crippen LogP contribution in [0.5, 0.6) is 0 Å². The fraction of sp³-hybridized carbons (Fsp3) is 0.500. The Balaban J connectivity index is 1.82. The van der Waals surface area contributed by atoms with E-state index in [2.05, 4.69) is 15.4 Å². The van der Waals surface area contributed by atoms with Crippen LogP contribution in [0, 0.1) is 0 Å². The van der Waals surface area contributed by atoms with Gasteiger partial charge in [0.05, 0.1) is 17.2 Å². The van der Waals surface area contributed by atoms with Crippen LogP contribution in [-0.2, 0) is 4.74 Å². The molecule has 2 atom stereocenters. The molecule has 2 unspecified atom stereocenters. The SMILES string of the molecule is COC1CCCC1Nc1nc2ccc(Cl)cn2n1. The summed E-state index contributed by atoms with van der Waals surface area (Å²) in [6.07, 6.45) is 5.36. The summed E-state index contributed by atoms with van der Waals surface area (Å²) >= 11 is 5.91. The lowest BCUT2D eigenvalue weighted by atomic mass is 10.2. The van der Waals surface area contributed by atoms with E-state index in [4.69, 9.17) is 16.3 Å². The molecule has 0 bridgehead atoms. The minimum atomic E-state index is 0.250. The first-order chi connectivity index (χ1) is 8.76. The lowest BCUT2D eigenvalue weighted by Crippen LogP contribution is -2.30. The largest absolute Gasteiger partial charge is 0.379 e. The summed E-state index contributed by atoms with van der Waals surface area (Å²) in [7, 11) is 1.75. The molecule has 1 aliphatic rings. The molecule has 0 aliphatic heterocycles. The molecule has 5 nitrogen and oxygen atoms in total. The highest BCUT2D eigenvalue weighted by atomic mass is 35.5. The van der Waals surface area contributed by atoms with Gasteiger partial charge in [0.25, 0.3) is 0 Å². The molecule has 18 heavy (non-hydrogen) atoms. The maximum absolute atomic E-state index is 5.91. The van der Waals surface area contributed by atoms with Gasteiger partial charge in [-0.1, -0.05) is 11.6 Å². The maximum Gasteiger partial charge on any atom is 0.243 e. The number of halogens is 1. The van der Waals surface area contributed by atoms with Crippen molar-refractivity contribution < 1.29 is 4.74 Å². The molecular formula is C12H15ClN4O. The van der Waals surface area contributed by atoms with Gasteiger partial charge in [-0.15, -0.1) is 5.10 Å². The Morgan fingerprint density at radius 3 is 3.17 bits per heavy atom. The van der Waals surface area contributed by atoms with E-state index in [0.29, 0.717) is 17.0 Å². The standard InChI is InChI=1S/C12H15ClN4O/c1-18-10-4-2-3-9(10)14-12-15-11-6-5-8(13)7-17(11)16-12/h5-7,9-10H,2-4H2,1H3,(H,14,16). The maximum atomic E-state index is 5.91. The Hall–Kier alpha value is -1.33. The number of fused-ring (bicyclic) bond motifs is 1. The van der Waals surface area contributed by atoms with E-state index in [1.807, 2.05) is 12.1 Å². The van der Waals surface area contributed by atoms with E-state index in [-0.39, 0.29) is 6.10 Å². The number of methoxy groups -OCH3 is 1. The topological polar surface area (TPSA) is 51.5 Å². The van der Waals surface area contributed by atoms with Gasteiger partial charge in [-0.05, 0) is 31.4 Å². The smallest absolute Gasteiger partial charge is 0.243 e. The second-order valence-electron chi connectivity index (χ2n) is 4.54. The van der Waals surface area contributed by atoms with Crippen LogP contribution in [0.4, 0.5) is 5.95 Å². The van der Waals surface area contributed by atoms with E-state index >= 15 is 0 Å². The van der Waals surface area contributed by atoms with Crippen molar-refractivity contribution in [2.75, 3.05) is 12.4 Å². The Bertz CT molecular complexity index is 556. The third-order valence-corrected chi connectivity index (χ3v) is 3.59. The molecule has 3 rings (SSSR count). The summed E-state index contributed by atoms with van der Waals surface area (Å²) in [6.45, 7) is 0. The number of nitrogens with one attached hydrogen (secondary N) is 1. The van der Waals surface area contributed by atoms with E-state index in [1.165, 1.54) is 6.42 Å². The summed E-state index contributed by atoms with van der Waals surface area (Å²) in [5.41, 5.74) is 0.786. The molecule has 6 heteroatoms. The second-order valence-corrected chi connectivity index (χ2v) is 4.98. The van der Waals surface area contributed by atoms with E-state index in [1.54, 1.807) is 17.8 Å². The summed E-state index contributed by atoms with van der Waals surface area (Å²) in [5.74, 6) is 0.631. The number of ether oxygens (including phenoxy) is 1. The van der Waals surface area contributed by atoms with Crippen molar-refractivity contribution in [1.82, 2.24) is 14.6 Å². The molecule has 1 N–H and O–H groups in total. The molecule has 0 saturated heterocycles. The number of rotatable bonds is 3. The highest BCUT2D eigenvalue weighted by Crippen LogP contribution is 2.24. The van der Waals surface area contributed by atoms with Crippen LogP contribution in [-0.4, -0.2) is 33.9 Å². The average molecular weight is 267 g/mol. The predicted molar refractivity (Wildman–Crippen MR) is 70.1 cm³/mol. The average Bonchev–Trinajstić information content (AvgIpc) is 2.94. The summed E-state index contributed by atoms with van der Waals surface area (Å²) in [4.78, 5) is 4.41. The predicted octanol–water partition coefficient (Wildman–Crippen LogP) is 2.36. The molecule has 2 heterocycles. The summed E-state index contributed by atoms with van der Waals surface area (Å²) in [6, 6.07) is 3.95. The molecule has 0 amide bonds. The van der Waals surface area contributed by atoms with Gasteiger partial charge in [0.15, 0.2) is 5.65 Å². The molecule has 2 aromatic rings. The zero-order valence-corrected chi connectivity index (χ0v) is 10.9. The van der Waals surface area contributed by atoms with Crippen LogP contribution < -0.4 is 5.32 Å². The number of hydrogen-bond donors (Lipinski definition) is 1. The molecule has 0 spiro atoms. The molecule has 1 saturated carbocycles. The van der Waals surface area contributed by atoms with Gasteiger partial charge in [-0.3, -0.25) is 0 Å². The fourth-order valence-electron chi connectivity index (χ4n) is 2.46. The normalized spacial score (nSPS) is 23.7. The van der Waals surface area contributed by atoms with Crippen LogP contribution in [0.1, 0.15) is 19.3 Å². The van der Waals surface area contributed by atoms with Crippen LogP contribution >= 0.6 is 11.6 Å². The van der Waals surface area contributed by atoms with Gasteiger partial charge >= 0.3 is 0 Å². The monoisotopic (exact) mass is 266 g/mol. The first-order valence-corrected chi connectivity index (χ1v) is 6.45. The molecule has 0 radical (unpaired) electrons. The van der Waals surface area contributed by atoms with Crippen molar-refractivity contribution in [1.29, 1.82) is 0 Å². The van der Waals surface area contributed by atoms with E-state index < -0.39 is 0 Å². The quantitative estimate of drug-likeness (QED) is 0.927. The zero-order valence-electron chi connectivity index (χ0n) is 10.1. The Morgan fingerprint density at radius 2 is 2.33 bits per heavy atom. The molecular weight excluding hydrogens is 252 g/mol. The van der Waals surface area contributed by atoms with Crippen molar-refractivity contribution in [2.45, 2.75) is 31.4 Å². The highest BCUT2D eigenvalue weighted by Gasteiger charge is 2.27. The van der Waals surface area contributed by atoms with Gasteiger partial charge in [0, 0.05) is 13.3 Å². The number of pyridine rings is 1. The second kappa shape index (κ2) is 4.74. The lowest BCUT2D eigenvalue weighted by Gasteiger charge is -2.18. The van der Waals surface area contributed by atoms with Gasteiger partial charge in [0.1, 0.15) is 0 Å². The van der Waals surface area contributed by atoms with Gasteiger partial charge < -0.3 is 10.1 Å². The Kier molecular flexibility index (Phi) is 3.09. The first kappa shape index (κ1) is 11.7. The minimum absolute atomic E-state index is 0.250. The van der Waals surface area contributed by atoms with Gasteiger partial charge in [0.2, 0.25) is 5.95 Å². The number of nitrogens with zero attached hydrogens (tertiary/aromatic N) is 3. The van der Waals surface area contributed by atoms with Crippen molar-refractivity contribution in [3.05, 3.63) is 23.4 Å². The lowest BCUT2D eigenvalue weighted by molar-refractivity contribution is 0.101. The van der Waals surface area contributed by atoms with Crippen LogP contribution in [0.2, 0.25) is 5.02 Å². The highest BCUT2D eigenvalue weighted by molar-refractivity contribution is 6.30. The molecule has 1 fully saturated rings. The summed E-state index contributed by atoms with van der Waals surface area (Å²) in [5, 5.41) is 8.35. The Labute approximate surface area is 110 Å². The van der Waals surface area contributed by atoms with E-state index in [9.17, 15) is 0 Å². The summed E-state index contributed by atoms with van der Waals surface area (Å²) < 4.78 is 7.13. The molecule has 1 aliphatic carbocycles. The molecule has 96 valence electrons. The third-order valence-electron chi connectivity index (χ3n) is 3.36. The van der Waals surface area contributed by atoms with Gasteiger partial charge in [-0.25, -0.2) is 4.52 Å². The van der Waals surface area contributed by atoms with Crippen molar-refractivity contribution in [2.24, 2.45) is 0 Å². The molecule has 0 aromatic carbocycles. The fourth-order valence-corrected chi connectivity index (χ4v) is 2.61. The number of anilines is 1. The zero-order chi connectivity index (χ0) is 12.5. The molecule has 2 aromatic heterocycles. The van der Waals surface area contributed by atoms with Gasteiger partial charge in [-0.2, -0.15) is 4.98 Å². The van der Waals surface area contributed by atoms with Crippen LogP contribution in [0.3, 0.4) is 0 Å². The van der Waals surface area contributed by atoms with Crippen LogP contribution in [0.15, 0.2) is 18.3 Å². The number of aromatic nitrogens is 3. The van der Waals surface area contributed by atoms with E-state index in [0.717, 1.165) is 18.5 Å². The minimum Gasteiger partial charge on any atom is -0.379 e. The number of hydrogen-bond acceptors (Lipinski definition) is 4. The Morgan fingerprint density at radius 1 is 1.44 bits per heavy atom. The van der Waals surface area contributed by atoms with Crippen molar-refractivity contribution in [3.8, 4) is 0 Å². The van der Waals surface area contributed by atoms with Crippen molar-refractivity contribution >= 4 is 23.2 Å².